The number of primary amides is 1. The molecule has 2 rings (SSSR count). The maximum absolute atomic E-state index is 11.8. The van der Waals surface area contributed by atoms with Gasteiger partial charge in [0.25, 0.3) is 0 Å². The number of carbonyl (C=O) groups is 1. The Morgan fingerprint density at radius 3 is 2.54 bits per heavy atom. The summed E-state index contributed by atoms with van der Waals surface area (Å²) in [5.41, 5.74) is 15.8. The van der Waals surface area contributed by atoms with Gasteiger partial charge in [-0.2, -0.15) is 0 Å². The van der Waals surface area contributed by atoms with Gasteiger partial charge in [0, 0.05) is 10.6 Å². The molecule has 4 heteroatoms. The van der Waals surface area contributed by atoms with Gasteiger partial charge in [-0.15, -0.1) is 0 Å². The van der Waals surface area contributed by atoms with Gasteiger partial charge >= 0.3 is 0 Å². The molecule has 2 atom stereocenters. The first-order valence-electron chi connectivity index (χ1n) is 9.32. The highest BCUT2D eigenvalue weighted by Crippen LogP contribution is 2.28. The van der Waals surface area contributed by atoms with Crippen LogP contribution in [-0.4, -0.2) is 12.5 Å². The van der Waals surface area contributed by atoms with E-state index < -0.39 is 0 Å². The summed E-state index contributed by atoms with van der Waals surface area (Å²) >= 11 is 6.13. The van der Waals surface area contributed by atoms with Crippen LogP contribution in [0.3, 0.4) is 0 Å². The van der Waals surface area contributed by atoms with Crippen molar-refractivity contribution in [3.05, 3.63) is 69.7 Å². The second-order valence-electron chi connectivity index (χ2n) is 7.09. The summed E-state index contributed by atoms with van der Waals surface area (Å²) in [5, 5.41) is 0.744. The van der Waals surface area contributed by atoms with Crippen LogP contribution in [0.15, 0.2) is 42.5 Å². The van der Waals surface area contributed by atoms with Gasteiger partial charge in [-0.1, -0.05) is 56.1 Å². The Balaban J connectivity index is 2.17. The van der Waals surface area contributed by atoms with Crippen LogP contribution in [0.4, 0.5) is 0 Å². The van der Waals surface area contributed by atoms with Crippen LogP contribution in [-0.2, 0) is 12.8 Å². The first kappa shape index (κ1) is 20.5. The van der Waals surface area contributed by atoms with Crippen molar-refractivity contribution in [2.75, 3.05) is 6.54 Å². The van der Waals surface area contributed by atoms with Gasteiger partial charge in [0.05, 0.1) is 0 Å². The van der Waals surface area contributed by atoms with Crippen molar-refractivity contribution in [3.8, 4) is 0 Å². The van der Waals surface area contributed by atoms with E-state index in [1.54, 1.807) is 0 Å². The number of benzene rings is 2. The minimum atomic E-state index is -0.346. The van der Waals surface area contributed by atoms with Crippen molar-refractivity contribution in [3.63, 3.8) is 0 Å². The number of amides is 1. The van der Waals surface area contributed by atoms with E-state index in [-0.39, 0.29) is 11.8 Å². The van der Waals surface area contributed by atoms with E-state index in [9.17, 15) is 4.79 Å². The predicted molar refractivity (Wildman–Crippen MR) is 110 cm³/mol. The minimum absolute atomic E-state index is 0.276. The molecule has 0 fully saturated rings. The average Bonchev–Trinajstić information content (AvgIpc) is 2.61. The molecule has 0 spiro atoms. The van der Waals surface area contributed by atoms with Gasteiger partial charge in [0.15, 0.2) is 0 Å². The fourth-order valence-corrected chi connectivity index (χ4v) is 3.87. The number of hydrogen-bond donors (Lipinski definition) is 2. The second-order valence-corrected chi connectivity index (χ2v) is 7.53. The van der Waals surface area contributed by atoms with Crippen molar-refractivity contribution in [2.24, 2.45) is 17.4 Å². The highest BCUT2D eigenvalue weighted by atomic mass is 35.5. The topological polar surface area (TPSA) is 69.1 Å². The Bertz CT molecular complexity index is 745. The SMILES string of the molecule is CCCc1c(CC(C)CC(CN)c2cccc(Cl)c2)cccc1C(N)=O. The predicted octanol–water partition coefficient (Wildman–Crippen LogP) is 4.70. The van der Waals surface area contributed by atoms with Crippen LogP contribution < -0.4 is 11.5 Å². The Kier molecular flexibility index (Phi) is 7.67. The highest BCUT2D eigenvalue weighted by molar-refractivity contribution is 6.30. The molecule has 0 aliphatic heterocycles. The van der Waals surface area contributed by atoms with E-state index in [0.717, 1.165) is 36.3 Å². The molecule has 140 valence electrons. The van der Waals surface area contributed by atoms with E-state index in [2.05, 4.69) is 26.0 Å². The molecule has 0 aromatic heterocycles. The van der Waals surface area contributed by atoms with E-state index in [4.69, 9.17) is 23.1 Å². The van der Waals surface area contributed by atoms with Gasteiger partial charge in [0.2, 0.25) is 5.91 Å². The number of carbonyl (C=O) groups excluding carboxylic acids is 1. The van der Waals surface area contributed by atoms with Gasteiger partial charge in [-0.25, -0.2) is 0 Å². The largest absolute Gasteiger partial charge is 0.366 e. The maximum Gasteiger partial charge on any atom is 0.248 e. The lowest BCUT2D eigenvalue weighted by Crippen LogP contribution is -2.18. The van der Waals surface area contributed by atoms with E-state index >= 15 is 0 Å². The lowest BCUT2D eigenvalue weighted by Gasteiger charge is -2.22. The number of halogens is 1. The molecule has 0 bridgehead atoms. The summed E-state index contributed by atoms with van der Waals surface area (Å²) in [6, 6.07) is 13.8. The molecule has 0 radical (unpaired) electrons. The molecule has 0 aliphatic carbocycles. The third-order valence-corrected chi connectivity index (χ3v) is 5.13. The zero-order valence-corrected chi connectivity index (χ0v) is 16.4. The Morgan fingerprint density at radius 2 is 1.92 bits per heavy atom. The first-order chi connectivity index (χ1) is 12.5. The Labute approximate surface area is 161 Å². The average molecular weight is 373 g/mol. The molecular weight excluding hydrogens is 344 g/mol. The first-order valence-corrected chi connectivity index (χ1v) is 9.70. The number of rotatable bonds is 9. The Hall–Kier alpha value is -1.84. The molecular formula is C22H29ClN2O. The summed E-state index contributed by atoms with van der Waals surface area (Å²) in [5.74, 6) is 0.362. The van der Waals surface area contributed by atoms with Crippen LogP contribution in [0.2, 0.25) is 5.02 Å². The van der Waals surface area contributed by atoms with Crippen molar-refractivity contribution >= 4 is 17.5 Å². The number of nitrogens with two attached hydrogens (primary N) is 2. The van der Waals surface area contributed by atoms with Crippen LogP contribution >= 0.6 is 11.6 Å². The zero-order chi connectivity index (χ0) is 19.1. The van der Waals surface area contributed by atoms with E-state index in [1.807, 2.05) is 30.3 Å². The van der Waals surface area contributed by atoms with Crippen molar-refractivity contribution in [2.45, 2.75) is 45.4 Å². The molecule has 1 amide bonds. The summed E-state index contributed by atoms with van der Waals surface area (Å²) in [6.07, 6.45) is 3.74. The third kappa shape index (κ3) is 5.33. The van der Waals surface area contributed by atoms with E-state index in [1.165, 1.54) is 11.1 Å². The van der Waals surface area contributed by atoms with Gasteiger partial charge in [-0.3, -0.25) is 4.79 Å². The van der Waals surface area contributed by atoms with Crippen molar-refractivity contribution in [1.29, 1.82) is 0 Å². The maximum atomic E-state index is 11.8. The summed E-state index contributed by atoms with van der Waals surface area (Å²) in [6.45, 7) is 4.95. The quantitative estimate of drug-likeness (QED) is 0.669. The lowest BCUT2D eigenvalue weighted by atomic mass is 9.84. The van der Waals surface area contributed by atoms with Gasteiger partial charge in [-0.05, 0) is 72.5 Å². The second kappa shape index (κ2) is 9.75. The molecule has 3 nitrogen and oxygen atoms in total. The summed E-state index contributed by atoms with van der Waals surface area (Å²) in [7, 11) is 0. The molecule has 2 unspecified atom stereocenters. The fourth-order valence-electron chi connectivity index (χ4n) is 3.68. The molecule has 26 heavy (non-hydrogen) atoms. The Morgan fingerprint density at radius 1 is 1.19 bits per heavy atom. The molecule has 0 saturated carbocycles. The molecule has 0 saturated heterocycles. The standard InChI is InChI=1S/C22H29ClN2O/c1-3-6-20-17(8-5-10-21(20)22(25)26)11-15(2)12-18(14-24)16-7-4-9-19(23)13-16/h4-5,7-10,13,15,18H,3,6,11-12,14,24H2,1-2H3,(H2,25,26). The van der Waals surface area contributed by atoms with Gasteiger partial charge in [0.1, 0.15) is 0 Å². The van der Waals surface area contributed by atoms with Crippen molar-refractivity contribution in [1.82, 2.24) is 0 Å². The molecule has 2 aromatic carbocycles. The fraction of sp³-hybridized carbons (Fsp3) is 0.409. The molecule has 0 heterocycles. The molecule has 2 aromatic rings. The van der Waals surface area contributed by atoms with Crippen molar-refractivity contribution < 1.29 is 4.79 Å². The molecule has 0 aliphatic rings. The normalized spacial score (nSPS) is 13.4. The minimum Gasteiger partial charge on any atom is -0.366 e. The van der Waals surface area contributed by atoms with Crippen LogP contribution in [0, 0.1) is 5.92 Å². The zero-order valence-electron chi connectivity index (χ0n) is 15.7. The smallest absolute Gasteiger partial charge is 0.248 e. The number of hydrogen-bond acceptors (Lipinski definition) is 2. The third-order valence-electron chi connectivity index (χ3n) is 4.90. The molecule has 4 N–H and O–H groups in total. The monoisotopic (exact) mass is 372 g/mol. The van der Waals surface area contributed by atoms with E-state index in [0.29, 0.717) is 18.0 Å². The lowest BCUT2D eigenvalue weighted by molar-refractivity contribution is 0.0999. The van der Waals surface area contributed by atoms with Crippen LogP contribution in [0.1, 0.15) is 59.7 Å². The van der Waals surface area contributed by atoms with Crippen LogP contribution in [0.25, 0.3) is 0 Å². The highest BCUT2D eigenvalue weighted by Gasteiger charge is 2.18. The summed E-state index contributed by atoms with van der Waals surface area (Å²) < 4.78 is 0. The van der Waals surface area contributed by atoms with Crippen LogP contribution in [0.5, 0.6) is 0 Å². The summed E-state index contributed by atoms with van der Waals surface area (Å²) in [4.78, 5) is 11.8. The van der Waals surface area contributed by atoms with Gasteiger partial charge < -0.3 is 11.5 Å².